The average molecular weight is 362 g/mol. The molecule has 5 heteroatoms. The van der Waals surface area contributed by atoms with Gasteiger partial charge in [0.15, 0.2) is 9.84 Å². The molecule has 4 nitrogen and oxygen atoms in total. The van der Waals surface area contributed by atoms with Crippen molar-refractivity contribution in [2.75, 3.05) is 6.26 Å². The third-order valence-corrected chi connectivity index (χ3v) is 5.51. The summed E-state index contributed by atoms with van der Waals surface area (Å²) in [5.74, 6) is 0. The van der Waals surface area contributed by atoms with E-state index < -0.39 is 9.84 Å². The zero-order valence-electron chi connectivity index (χ0n) is 14.3. The van der Waals surface area contributed by atoms with E-state index in [0.29, 0.717) is 4.90 Å². The van der Waals surface area contributed by atoms with Crippen molar-refractivity contribution in [3.05, 3.63) is 84.6 Å². The van der Waals surface area contributed by atoms with Gasteiger partial charge in [-0.1, -0.05) is 42.5 Å². The van der Waals surface area contributed by atoms with Crippen molar-refractivity contribution >= 4 is 20.9 Å². The number of hydrogen-bond acceptors (Lipinski definition) is 3. The lowest BCUT2D eigenvalue weighted by Crippen LogP contribution is -2.00. The Morgan fingerprint density at radius 2 is 1.62 bits per heavy atom. The maximum atomic E-state index is 11.6. The Hall–Kier alpha value is -2.92. The minimum atomic E-state index is -3.19. The Morgan fingerprint density at radius 1 is 0.885 bits per heavy atom. The van der Waals surface area contributed by atoms with E-state index >= 15 is 0 Å². The predicted octanol–water partition coefficient (Wildman–Crippen LogP) is 4.16. The lowest BCUT2D eigenvalue weighted by atomic mass is 10.1. The zero-order valence-corrected chi connectivity index (χ0v) is 15.1. The van der Waals surface area contributed by atoms with Crippen LogP contribution in [0.4, 0.5) is 0 Å². The van der Waals surface area contributed by atoms with Crippen LogP contribution < -0.4 is 0 Å². The van der Waals surface area contributed by atoms with Gasteiger partial charge in [0, 0.05) is 29.9 Å². The number of fused-ring (bicyclic) bond motifs is 1. The van der Waals surface area contributed by atoms with Gasteiger partial charge in [-0.15, -0.1) is 0 Å². The normalized spacial score (nSPS) is 11.7. The summed E-state index contributed by atoms with van der Waals surface area (Å²) < 4.78 is 25.4. The molecule has 0 spiro atoms. The summed E-state index contributed by atoms with van der Waals surface area (Å²) in [6, 6.07) is 23.2. The molecule has 0 N–H and O–H groups in total. The molecule has 0 aliphatic heterocycles. The summed E-state index contributed by atoms with van der Waals surface area (Å²) in [5, 5.41) is 1.08. The van der Waals surface area contributed by atoms with Crippen molar-refractivity contribution in [3.63, 3.8) is 0 Å². The van der Waals surface area contributed by atoms with Crippen molar-refractivity contribution in [2.24, 2.45) is 0 Å². The largest absolute Gasteiger partial charge is 0.328 e. The molecule has 0 bridgehead atoms. The van der Waals surface area contributed by atoms with E-state index in [-0.39, 0.29) is 0 Å². The van der Waals surface area contributed by atoms with Gasteiger partial charge in [-0.2, -0.15) is 0 Å². The van der Waals surface area contributed by atoms with Crippen LogP contribution >= 0.6 is 0 Å². The highest BCUT2D eigenvalue weighted by Crippen LogP contribution is 2.23. The van der Waals surface area contributed by atoms with E-state index in [1.54, 1.807) is 24.3 Å². The summed E-state index contributed by atoms with van der Waals surface area (Å²) in [7, 11) is -3.19. The van der Waals surface area contributed by atoms with Crippen molar-refractivity contribution < 1.29 is 8.42 Å². The molecule has 2 heterocycles. The maximum Gasteiger partial charge on any atom is 0.175 e. The van der Waals surface area contributed by atoms with E-state index in [1.165, 1.54) is 11.8 Å². The molecule has 0 atom stereocenters. The first-order chi connectivity index (χ1) is 12.5. The average Bonchev–Trinajstić information content (AvgIpc) is 3.04. The molecule has 130 valence electrons. The number of aromatic nitrogens is 2. The Balaban J connectivity index is 1.72. The van der Waals surface area contributed by atoms with Gasteiger partial charge >= 0.3 is 0 Å². The lowest BCUT2D eigenvalue weighted by Gasteiger charge is -2.07. The molecule has 0 unspecified atom stereocenters. The number of nitrogens with zero attached hydrogens (tertiary/aromatic N) is 2. The number of hydrogen-bond donors (Lipinski definition) is 0. The molecule has 4 aromatic rings. The van der Waals surface area contributed by atoms with Gasteiger partial charge in [0.05, 0.1) is 10.6 Å². The molecular formula is C21H18N2O2S. The molecule has 0 saturated heterocycles. The molecule has 2 aromatic carbocycles. The van der Waals surface area contributed by atoms with Crippen LogP contribution in [0, 0.1) is 0 Å². The van der Waals surface area contributed by atoms with Crippen LogP contribution in [0.3, 0.4) is 0 Å². The van der Waals surface area contributed by atoms with Gasteiger partial charge in [0.25, 0.3) is 0 Å². The Labute approximate surface area is 152 Å². The molecule has 0 fully saturated rings. The maximum absolute atomic E-state index is 11.6. The van der Waals surface area contributed by atoms with Gasteiger partial charge in [-0.05, 0) is 35.9 Å². The van der Waals surface area contributed by atoms with Crippen LogP contribution in [0.15, 0.2) is 83.9 Å². The first-order valence-corrected chi connectivity index (χ1v) is 10.2. The number of benzene rings is 2. The molecule has 0 radical (unpaired) electrons. The Bertz CT molecular complexity index is 1160. The van der Waals surface area contributed by atoms with Crippen LogP contribution in [0.1, 0.15) is 5.56 Å². The third kappa shape index (κ3) is 3.26. The van der Waals surface area contributed by atoms with E-state index in [0.717, 1.165) is 28.8 Å². The highest BCUT2D eigenvalue weighted by molar-refractivity contribution is 7.90. The van der Waals surface area contributed by atoms with Crippen molar-refractivity contribution in [1.29, 1.82) is 0 Å². The van der Waals surface area contributed by atoms with E-state index in [4.69, 9.17) is 4.98 Å². The second-order valence-corrected chi connectivity index (χ2v) is 8.35. The van der Waals surface area contributed by atoms with Gasteiger partial charge in [-0.25, -0.2) is 13.4 Å². The minimum Gasteiger partial charge on any atom is -0.328 e. The second-order valence-electron chi connectivity index (χ2n) is 6.34. The smallest absolute Gasteiger partial charge is 0.175 e. The second kappa shape index (κ2) is 6.42. The van der Waals surface area contributed by atoms with E-state index in [1.807, 2.05) is 36.5 Å². The van der Waals surface area contributed by atoms with E-state index in [2.05, 4.69) is 22.8 Å². The molecule has 4 rings (SSSR count). The molecule has 2 aromatic heterocycles. The quantitative estimate of drug-likeness (QED) is 0.548. The van der Waals surface area contributed by atoms with Crippen LogP contribution in [0.5, 0.6) is 0 Å². The van der Waals surface area contributed by atoms with Gasteiger partial charge in [-0.3, -0.25) is 0 Å². The summed E-state index contributed by atoms with van der Waals surface area (Å²) in [6.45, 7) is 0.758. The highest BCUT2D eigenvalue weighted by Gasteiger charge is 2.09. The van der Waals surface area contributed by atoms with Crippen LogP contribution in [-0.2, 0) is 16.4 Å². The molecular weight excluding hydrogens is 344 g/mol. The van der Waals surface area contributed by atoms with Gasteiger partial charge < -0.3 is 4.57 Å². The predicted molar refractivity (Wildman–Crippen MR) is 104 cm³/mol. The van der Waals surface area contributed by atoms with Crippen molar-refractivity contribution in [1.82, 2.24) is 9.55 Å². The fourth-order valence-electron chi connectivity index (χ4n) is 3.00. The molecule has 26 heavy (non-hydrogen) atoms. The monoisotopic (exact) mass is 362 g/mol. The summed E-state index contributed by atoms with van der Waals surface area (Å²) in [5.41, 5.74) is 3.85. The number of pyridine rings is 1. The van der Waals surface area contributed by atoms with Crippen molar-refractivity contribution in [2.45, 2.75) is 11.4 Å². The standard InChI is InChI=1S/C21H18N2O2S/c1-26(24,25)19-10-7-17(8-11-19)20-12-9-18-13-14-23(21(18)22-20)15-16-5-3-2-4-6-16/h2-14H,15H2,1H3. The fourth-order valence-corrected chi connectivity index (χ4v) is 3.63. The van der Waals surface area contributed by atoms with Crippen LogP contribution in [-0.4, -0.2) is 24.2 Å². The molecule has 0 saturated carbocycles. The summed E-state index contributed by atoms with van der Waals surface area (Å²) >= 11 is 0. The Morgan fingerprint density at radius 3 is 2.31 bits per heavy atom. The molecule has 0 aliphatic carbocycles. The molecule has 0 aliphatic rings. The van der Waals surface area contributed by atoms with Crippen LogP contribution in [0.25, 0.3) is 22.3 Å². The number of rotatable bonds is 4. The zero-order chi connectivity index (χ0) is 18.1. The fraction of sp³-hybridized carbons (Fsp3) is 0.0952. The van der Waals surface area contributed by atoms with Gasteiger partial charge in [0.2, 0.25) is 0 Å². The van der Waals surface area contributed by atoms with Gasteiger partial charge in [0.1, 0.15) is 5.65 Å². The van der Waals surface area contributed by atoms with E-state index in [9.17, 15) is 8.42 Å². The van der Waals surface area contributed by atoms with Crippen molar-refractivity contribution in [3.8, 4) is 11.3 Å². The van der Waals surface area contributed by atoms with Crippen LogP contribution in [0.2, 0.25) is 0 Å². The summed E-state index contributed by atoms with van der Waals surface area (Å²) in [4.78, 5) is 5.12. The first kappa shape index (κ1) is 16.5. The number of sulfone groups is 1. The lowest BCUT2D eigenvalue weighted by molar-refractivity contribution is 0.602. The summed E-state index contributed by atoms with van der Waals surface area (Å²) in [6.07, 6.45) is 3.25. The minimum absolute atomic E-state index is 0.315. The highest BCUT2D eigenvalue weighted by atomic mass is 32.2. The first-order valence-electron chi connectivity index (χ1n) is 8.31. The topological polar surface area (TPSA) is 52.0 Å². The SMILES string of the molecule is CS(=O)(=O)c1ccc(-c2ccc3ccn(Cc4ccccc4)c3n2)cc1. The third-order valence-electron chi connectivity index (χ3n) is 4.39. The Kier molecular flexibility index (Phi) is 4.09. The molecule has 0 amide bonds.